The Morgan fingerprint density at radius 3 is 0.936 bits per heavy atom. The zero-order valence-corrected chi connectivity index (χ0v) is 44.8. The van der Waals surface area contributed by atoms with Gasteiger partial charge in [0.2, 0.25) is 0 Å². The maximum Gasteiger partial charge on any atom is 0.158 e. The second-order valence-corrected chi connectivity index (χ2v) is 21.1. The normalized spacial score (nSPS) is 19.9. The third-order valence-corrected chi connectivity index (χ3v) is 15.7. The zero-order chi connectivity index (χ0) is 52.3. The second-order valence-electron chi connectivity index (χ2n) is 21.1. The highest BCUT2D eigenvalue weighted by Crippen LogP contribution is 2.43. The highest BCUT2D eigenvalue weighted by Gasteiger charge is 2.23. The number of benzene rings is 8. The number of fused-ring (bicyclic) bond motifs is 2. The Morgan fingerprint density at radius 1 is 0.308 bits per heavy atom. The van der Waals surface area contributed by atoms with Gasteiger partial charge in [-0.15, -0.1) is 0 Å². The SMILES string of the molecule is c1ccc2c(N(c3ccc(COC4CCCCO4)cc3)c3ccc(-c4ccc(N(c5ccc(COC6CCCCO6)cc5)c5ccc(COC6CCCCO6)c6ccccc56)cc4)cc3)ccc(COC3CCCCO3)c2c1. The van der Waals surface area contributed by atoms with Crippen molar-refractivity contribution in [2.75, 3.05) is 36.2 Å². The van der Waals surface area contributed by atoms with Crippen LogP contribution in [0, 0.1) is 0 Å². The molecule has 4 saturated heterocycles. The van der Waals surface area contributed by atoms with Gasteiger partial charge in [-0.2, -0.15) is 0 Å². The molecule has 8 aromatic rings. The molecule has 4 fully saturated rings. The lowest BCUT2D eigenvalue weighted by Gasteiger charge is -2.29. The molecular weight excluding hydrogens is 973 g/mol. The van der Waals surface area contributed by atoms with Gasteiger partial charge in [0, 0.05) is 59.9 Å². The molecule has 0 saturated carbocycles. The van der Waals surface area contributed by atoms with Crippen molar-refractivity contribution in [2.45, 2.75) is 129 Å². The summed E-state index contributed by atoms with van der Waals surface area (Å²) in [5.74, 6) is 0. The van der Waals surface area contributed by atoms with E-state index in [1.54, 1.807) is 0 Å². The molecule has 4 atom stereocenters. The van der Waals surface area contributed by atoms with Gasteiger partial charge in [-0.3, -0.25) is 0 Å². The van der Waals surface area contributed by atoms with E-state index in [0.29, 0.717) is 26.4 Å². The Balaban J connectivity index is 0.846. The van der Waals surface area contributed by atoms with Crippen LogP contribution < -0.4 is 9.80 Å². The average molecular weight is 1050 g/mol. The maximum atomic E-state index is 6.35. The Hall–Kier alpha value is -6.44. The van der Waals surface area contributed by atoms with Crippen LogP contribution in [0.2, 0.25) is 0 Å². The molecule has 4 aliphatic heterocycles. The molecule has 8 aromatic carbocycles. The summed E-state index contributed by atoms with van der Waals surface area (Å²) in [5.41, 5.74) is 13.2. The van der Waals surface area contributed by atoms with Gasteiger partial charge in [0.1, 0.15) is 0 Å². The molecule has 10 nitrogen and oxygen atoms in total. The summed E-state index contributed by atoms with van der Waals surface area (Å²) in [6, 6.07) is 61.7. The summed E-state index contributed by atoms with van der Waals surface area (Å²) < 4.78 is 48.7. The van der Waals surface area contributed by atoms with Crippen LogP contribution in [0.15, 0.2) is 170 Å². The second kappa shape index (κ2) is 25.6. The van der Waals surface area contributed by atoms with Gasteiger partial charge in [-0.1, -0.05) is 109 Å². The summed E-state index contributed by atoms with van der Waals surface area (Å²) in [7, 11) is 0. The van der Waals surface area contributed by atoms with Gasteiger partial charge < -0.3 is 47.7 Å². The summed E-state index contributed by atoms with van der Waals surface area (Å²) in [6.07, 6.45) is 12.0. The minimum atomic E-state index is -0.162. The van der Waals surface area contributed by atoms with Crippen molar-refractivity contribution in [3.8, 4) is 11.1 Å². The highest BCUT2D eigenvalue weighted by molar-refractivity contribution is 6.02. The molecule has 0 bridgehead atoms. The third-order valence-electron chi connectivity index (χ3n) is 15.7. The lowest BCUT2D eigenvalue weighted by molar-refractivity contribution is -0.169. The Morgan fingerprint density at radius 2 is 0.615 bits per heavy atom. The quantitative estimate of drug-likeness (QED) is 0.0781. The van der Waals surface area contributed by atoms with Gasteiger partial charge in [0.15, 0.2) is 25.2 Å². The lowest BCUT2D eigenvalue weighted by Crippen LogP contribution is -2.22. The number of nitrogens with zero attached hydrogens (tertiary/aromatic N) is 2. The van der Waals surface area contributed by atoms with Crippen LogP contribution in [0.25, 0.3) is 32.7 Å². The fourth-order valence-electron chi connectivity index (χ4n) is 11.4. The molecule has 4 heterocycles. The van der Waals surface area contributed by atoms with Gasteiger partial charge in [-0.25, -0.2) is 0 Å². The first-order chi connectivity index (χ1) is 38.7. The first-order valence-electron chi connectivity index (χ1n) is 28.6. The topological polar surface area (TPSA) is 80.3 Å². The molecule has 4 aliphatic rings. The fraction of sp³-hybridized carbons (Fsp3) is 0.353. The van der Waals surface area contributed by atoms with E-state index in [4.69, 9.17) is 37.9 Å². The van der Waals surface area contributed by atoms with E-state index in [9.17, 15) is 0 Å². The zero-order valence-electron chi connectivity index (χ0n) is 44.8. The number of anilines is 6. The predicted octanol–water partition coefficient (Wildman–Crippen LogP) is 16.8. The number of hydrogen-bond donors (Lipinski definition) is 0. The minimum Gasteiger partial charge on any atom is -0.353 e. The van der Waals surface area contributed by atoms with Gasteiger partial charge in [0.25, 0.3) is 0 Å². The minimum absolute atomic E-state index is 0.141. The first kappa shape index (κ1) is 52.3. The molecule has 0 spiro atoms. The summed E-state index contributed by atoms with van der Waals surface area (Å²) in [4.78, 5) is 4.73. The van der Waals surface area contributed by atoms with Gasteiger partial charge in [-0.05, 0) is 182 Å². The standard InChI is InChI=1S/C68H72N2O8/c1-3-15-61-59(13-1)53(47-77-67-19-7-11-43-73-67)29-39-63(61)69(55-31-21-49(22-32-55)45-75-65-17-5-9-41-71-65)57-35-25-51(26-36-57)52-27-37-58(38-28-52)70(56-33-23-50(24-34-56)46-76-66-18-6-10-42-72-66)64-40-30-54(60-14-2-4-16-62(60)64)48-78-68-20-8-12-44-74-68/h1-4,13-16,21-40,65-68H,5-12,17-20,41-48H2. The number of hydrogen-bond acceptors (Lipinski definition) is 10. The molecule has 78 heavy (non-hydrogen) atoms. The number of rotatable bonds is 19. The van der Waals surface area contributed by atoms with E-state index in [1.165, 1.54) is 0 Å². The predicted molar refractivity (Wildman–Crippen MR) is 310 cm³/mol. The van der Waals surface area contributed by atoms with Crippen molar-refractivity contribution in [1.29, 1.82) is 0 Å². The van der Waals surface area contributed by atoms with Gasteiger partial charge in [0.05, 0.1) is 37.8 Å². The van der Waals surface area contributed by atoms with Crippen LogP contribution in [-0.2, 0) is 64.3 Å². The third kappa shape index (κ3) is 12.5. The van der Waals surface area contributed by atoms with Crippen LogP contribution in [0.5, 0.6) is 0 Å². The Labute approximate surface area is 459 Å². The van der Waals surface area contributed by atoms with E-state index in [-0.39, 0.29) is 25.2 Å². The van der Waals surface area contributed by atoms with Crippen molar-refractivity contribution in [1.82, 2.24) is 0 Å². The highest BCUT2D eigenvalue weighted by atomic mass is 16.7. The van der Waals surface area contributed by atoms with Crippen molar-refractivity contribution in [3.05, 3.63) is 192 Å². The van der Waals surface area contributed by atoms with Crippen LogP contribution in [0.3, 0.4) is 0 Å². The van der Waals surface area contributed by atoms with Crippen molar-refractivity contribution in [3.63, 3.8) is 0 Å². The first-order valence-corrected chi connectivity index (χ1v) is 28.6. The molecule has 12 rings (SSSR count). The Kier molecular flexibility index (Phi) is 17.1. The lowest BCUT2D eigenvalue weighted by atomic mass is 10.00. The molecule has 0 amide bonds. The molecule has 402 valence electrons. The molecule has 10 heteroatoms. The molecule has 0 aliphatic carbocycles. The Bertz CT molecular complexity index is 2960. The van der Waals surface area contributed by atoms with Crippen LogP contribution in [0.1, 0.15) is 99.3 Å². The van der Waals surface area contributed by atoms with E-state index in [0.717, 1.165) is 193 Å². The monoisotopic (exact) mass is 1040 g/mol. The summed E-state index contributed by atoms with van der Waals surface area (Å²) in [6.45, 7) is 5.02. The van der Waals surface area contributed by atoms with Crippen molar-refractivity contribution < 1.29 is 37.9 Å². The van der Waals surface area contributed by atoms with E-state index in [1.807, 2.05) is 0 Å². The maximum absolute atomic E-state index is 6.35. The smallest absolute Gasteiger partial charge is 0.158 e. The van der Waals surface area contributed by atoms with Crippen molar-refractivity contribution >= 4 is 55.7 Å². The summed E-state index contributed by atoms with van der Waals surface area (Å²) in [5, 5.41) is 4.63. The summed E-state index contributed by atoms with van der Waals surface area (Å²) >= 11 is 0. The molecule has 0 N–H and O–H groups in total. The molecular formula is C68H72N2O8. The van der Waals surface area contributed by atoms with Crippen molar-refractivity contribution in [2.24, 2.45) is 0 Å². The van der Waals surface area contributed by atoms with Gasteiger partial charge >= 0.3 is 0 Å². The molecule has 0 radical (unpaired) electrons. The van der Waals surface area contributed by atoms with Crippen LogP contribution in [0.4, 0.5) is 34.1 Å². The average Bonchev–Trinajstić information content (AvgIpc) is 3.64. The fourth-order valence-corrected chi connectivity index (χ4v) is 11.4. The van der Waals surface area contributed by atoms with Crippen LogP contribution >= 0.6 is 0 Å². The number of ether oxygens (including phenoxy) is 8. The van der Waals surface area contributed by atoms with E-state index in [2.05, 4.69) is 180 Å². The largest absolute Gasteiger partial charge is 0.353 e. The van der Waals surface area contributed by atoms with E-state index < -0.39 is 0 Å². The van der Waals surface area contributed by atoms with E-state index >= 15 is 0 Å². The van der Waals surface area contributed by atoms with Crippen LogP contribution in [-0.4, -0.2) is 51.6 Å². The molecule has 0 aromatic heterocycles. The molecule has 4 unspecified atom stereocenters.